The second-order valence-electron chi connectivity index (χ2n) is 15.3. The van der Waals surface area contributed by atoms with Gasteiger partial charge in [-0.1, -0.05) is 100 Å². The number of hydrogen-bond acceptors (Lipinski definition) is 12. The van der Waals surface area contributed by atoms with Gasteiger partial charge in [-0.05, 0) is 58.7 Å². The summed E-state index contributed by atoms with van der Waals surface area (Å²) in [6.45, 7) is 10.7. The number of benzene rings is 6. The number of carbonyl (C=O) groups is 2. The number of fused-ring (bicyclic) bond motifs is 2. The molecule has 0 aromatic heterocycles. The average molecular weight is 813 g/mol. The molecule has 12 nitrogen and oxygen atoms in total. The van der Waals surface area contributed by atoms with E-state index in [1.54, 1.807) is 86.6 Å². The van der Waals surface area contributed by atoms with Crippen molar-refractivity contribution in [3.63, 3.8) is 0 Å². The lowest BCUT2D eigenvalue weighted by Gasteiger charge is -2.23. The quantitative estimate of drug-likeness (QED) is 0.0416. The molecule has 310 valence electrons. The number of rotatable bonds is 11. The molecule has 0 spiro atoms. The lowest BCUT2D eigenvalue weighted by molar-refractivity contribution is -0.143. The molecule has 6 rings (SSSR count). The van der Waals surface area contributed by atoms with E-state index in [-0.39, 0.29) is 56.4 Å². The first kappa shape index (κ1) is 42.5. The second kappa shape index (κ2) is 17.0. The van der Waals surface area contributed by atoms with Gasteiger partial charge in [0.25, 0.3) is 0 Å². The van der Waals surface area contributed by atoms with Crippen LogP contribution in [0.5, 0.6) is 34.5 Å². The molecule has 2 atom stereocenters. The van der Waals surface area contributed by atoms with Crippen LogP contribution in [0.3, 0.4) is 0 Å². The molecular formula is C48H48N2O10. The highest BCUT2D eigenvalue weighted by molar-refractivity contribution is 6.15. The van der Waals surface area contributed by atoms with Crippen LogP contribution >= 0.6 is 0 Å². The summed E-state index contributed by atoms with van der Waals surface area (Å²) in [5, 5.41) is 72.0. The van der Waals surface area contributed by atoms with Crippen LogP contribution in [-0.2, 0) is 19.1 Å². The highest BCUT2D eigenvalue weighted by Crippen LogP contribution is 2.54. The van der Waals surface area contributed by atoms with Gasteiger partial charge < -0.3 is 40.1 Å². The summed E-state index contributed by atoms with van der Waals surface area (Å²) in [5.74, 6) is -4.83. The molecule has 0 fully saturated rings. The number of phenolic OH excluding ortho intramolecular Hbond substituents is 6. The first-order valence-corrected chi connectivity index (χ1v) is 19.4. The van der Waals surface area contributed by atoms with Gasteiger partial charge in [-0.2, -0.15) is 0 Å². The number of phenols is 6. The Kier molecular flexibility index (Phi) is 12.1. The van der Waals surface area contributed by atoms with E-state index in [2.05, 4.69) is 9.98 Å². The minimum absolute atomic E-state index is 0.0796. The van der Waals surface area contributed by atoms with Crippen LogP contribution < -0.4 is 0 Å². The number of carbonyl (C=O) groups excluding carboxylic acids is 2. The Morgan fingerprint density at radius 3 is 1.17 bits per heavy atom. The molecule has 6 N–H and O–H groups in total. The molecule has 0 aliphatic carbocycles. The fourth-order valence-corrected chi connectivity index (χ4v) is 7.98. The summed E-state index contributed by atoms with van der Waals surface area (Å²) in [7, 11) is 2.46. The third kappa shape index (κ3) is 7.40. The van der Waals surface area contributed by atoms with Gasteiger partial charge in [0.2, 0.25) is 0 Å². The molecule has 6 aromatic carbocycles. The molecule has 0 aliphatic heterocycles. The fraction of sp³-hybridized carbons (Fsp3) is 0.250. The van der Waals surface area contributed by atoms with Gasteiger partial charge in [0.05, 0.1) is 14.2 Å². The maximum Gasteiger partial charge on any atom is 0.335 e. The maximum absolute atomic E-state index is 13.0. The Morgan fingerprint density at radius 2 is 0.867 bits per heavy atom. The highest BCUT2D eigenvalue weighted by Gasteiger charge is 2.31. The van der Waals surface area contributed by atoms with E-state index in [4.69, 9.17) is 9.47 Å². The van der Waals surface area contributed by atoms with Gasteiger partial charge >= 0.3 is 11.9 Å². The molecule has 2 unspecified atom stereocenters. The summed E-state index contributed by atoms with van der Waals surface area (Å²) in [4.78, 5) is 35.0. The predicted molar refractivity (Wildman–Crippen MR) is 232 cm³/mol. The summed E-state index contributed by atoms with van der Waals surface area (Å²) < 4.78 is 10.1. The van der Waals surface area contributed by atoms with Crippen molar-refractivity contribution >= 4 is 45.9 Å². The Bertz CT molecular complexity index is 2520. The van der Waals surface area contributed by atoms with E-state index in [0.717, 1.165) is 0 Å². The number of aryl methyl sites for hydroxylation is 2. The van der Waals surface area contributed by atoms with Crippen LogP contribution in [-0.4, -0.2) is 69.2 Å². The van der Waals surface area contributed by atoms with Crippen molar-refractivity contribution in [3.05, 3.63) is 117 Å². The van der Waals surface area contributed by atoms with Crippen LogP contribution in [0.25, 0.3) is 32.7 Å². The summed E-state index contributed by atoms with van der Waals surface area (Å²) in [5.41, 5.74) is 2.75. The Labute approximate surface area is 347 Å². The molecule has 0 radical (unpaired) electrons. The molecule has 0 saturated heterocycles. The topological polar surface area (TPSA) is 199 Å². The van der Waals surface area contributed by atoms with E-state index in [1.165, 1.54) is 26.6 Å². The van der Waals surface area contributed by atoms with Crippen molar-refractivity contribution in [2.24, 2.45) is 9.98 Å². The Balaban J connectivity index is 1.70. The average Bonchev–Trinajstić information content (AvgIpc) is 3.22. The molecule has 12 heteroatoms. The lowest BCUT2D eigenvalue weighted by Crippen LogP contribution is -2.12. The van der Waals surface area contributed by atoms with E-state index in [9.17, 15) is 40.2 Å². The smallest absolute Gasteiger partial charge is 0.335 e. The van der Waals surface area contributed by atoms with Crippen molar-refractivity contribution in [1.29, 1.82) is 0 Å². The predicted octanol–water partition coefficient (Wildman–Crippen LogP) is 9.42. The van der Waals surface area contributed by atoms with Gasteiger partial charge in [-0.15, -0.1) is 0 Å². The number of hydrogen-bond donors (Lipinski definition) is 6. The molecule has 60 heavy (non-hydrogen) atoms. The number of nitrogens with zero attached hydrogens (tertiary/aromatic N) is 2. The van der Waals surface area contributed by atoms with Gasteiger partial charge in [-0.3, -0.25) is 9.98 Å². The SMILES string of the molecule is COC(=O)C(N=Cc1c(O)c(O)c(C(C)C)c2cc(C)c(-c3c(C)cc4c(C(C)C)c(O)c(O)c(C=NC(C(=O)OC)c5ccccc5)c4c3O)c(O)c12)c1ccccc1. The molecule has 0 amide bonds. The zero-order valence-corrected chi connectivity index (χ0v) is 34.6. The number of esters is 2. The molecule has 0 bridgehead atoms. The molecule has 0 saturated carbocycles. The highest BCUT2D eigenvalue weighted by atomic mass is 16.5. The number of methoxy groups -OCH3 is 2. The minimum atomic E-state index is -1.16. The van der Waals surface area contributed by atoms with Crippen molar-refractivity contribution in [3.8, 4) is 45.6 Å². The first-order chi connectivity index (χ1) is 28.5. The second-order valence-corrected chi connectivity index (χ2v) is 15.3. The zero-order valence-electron chi connectivity index (χ0n) is 34.6. The summed E-state index contributed by atoms with van der Waals surface area (Å²) >= 11 is 0. The zero-order chi connectivity index (χ0) is 43.7. The van der Waals surface area contributed by atoms with Crippen molar-refractivity contribution < 1.29 is 49.7 Å². The molecule has 6 aromatic rings. The van der Waals surface area contributed by atoms with Crippen LogP contribution in [0.15, 0.2) is 82.8 Å². The summed E-state index contributed by atoms with van der Waals surface area (Å²) in [6, 6.07) is 18.4. The molecule has 0 heterocycles. The summed E-state index contributed by atoms with van der Waals surface area (Å²) in [6.07, 6.45) is 2.41. The lowest BCUT2D eigenvalue weighted by atomic mass is 9.83. The van der Waals surface area contributed by atoms with Crippen LogP contribution in [0.1, 0.15) is 96.1 Å². The largest absolute Gasteiger partial charge is 0.507 e. The van der Waals surface area contributed by atoms with Gasteiger partial charge in [0.1, 0.15) is 11.5 Å². The third-order valence-electron chi connectivity index (χ3n) is 10.8. The molecular weight excluding hydrogens is 765 g/mol. The first-order valence-electron chi connectivity index (χ1n) is 19.4. The van der Waals surface area contributed by atoms with Crippen LogP contribution in [0.2, 0.25) is 0 Å². The van der Waals surface area contributed by atoms with Crippen molar-refractivity contribution in [1.82, 2.24) is 0 Å². The van der Waals surface area contributed by atoms with Gasteiger partial charge in [0.15, 0.2) is 35.1 Å². The van der Waals surface area contributed by atoms with Crippen LogP contribution in [0, 0.1) is 13.8 Å². The number of aromatic hydroxyl groups is 6. The Hall–Kier alpha value is -7.08. The van der Waals surface area contributed by atoms with E-state index in [0.29, 0.717) is 44.2 Å². The van der Waals surface area contributed by atoms with E-state index >= 15 is 0 Å². The minimum Gasteiger partial charge on any atom is -0.507 e. The number of aliphatic imine (C=N–C) groups is 2. The van der Waals surface area contributed by atoms with E-state index in [1.807, 2.05) is 27.7 Å². The Morgan fingerprint density at radius 1 is 0.533 bits per heavy atom. The number of ether oxygens (including phenoxy) is 2. The maximum atomic E-state index is 13.0. The van der Waals surface area contributed by atoms with Crippen molar-refractivity contribution in [2.45, 2.75) is 65.5 Å². The standard InChI is InChI=1S/C48H48N2O10/c1-23(2)33-29-19-25(5)35(43(53)37(29)31(41(51)45(33)55)21-49-39(47(57)59-7)27-15-11-9-12-16-27)36-26(6)20-30-34(24(3)4)46(56)42(52)32(38(30)44(36)54)22-50-40(48(58)60-8)28-17-13-10-14-18-28/h9-24,39-40,51-56H,1-8H3. The van der Waals surface area contributed by atoms with Crippen molar-refractivity contribution in [2.75, 3.05) is 14.2 Å². The fourth-order valence-electron chi connectivity index (χ4n) is 7.98. The van der Waals surface area contributed by atoms with Gasteiger partial charge in [0, 0.05) is 56.6 Å². The normalized spacial score (nSPS) is 12.9. The van der Waals surface area contributed by atoms with E-state index < -0.39 is 47.0 Å². The van der Waals surface area contributed by atoms with Crippen LogP contribution in [0.4, 0.5) is 0 Å². The van der Waals surface area contributed by atoms with Gasteiger partial charge in [-0.25, -0.2) is 9.59 Å². The molecule has 0 aliphatic rings. The monoisotopic (exact) mass is 812 g/mol. The third-order valence-corrected chi connectivity index (χ3v) is 10.8.